The number of benzene rings is 1. The third-order valence-corrected chi connectivity index (χ3v) is 7.80. The minimum atomic E-state index is -2.94. The summed E-state index contributed by atoms with van der Waals surface area (Å²) in [6, 6.07) is 10.4. The Balaban J connectivity index is 1.52. The number of nitrogens with zero attached hydrogens (tertiary/aromatic N) is 3. The van der Waals surface area contributed by atoms with Crippen molar-refractivity contribution in [1.82, 2.24) is 14.8 Å². The van der Waals surface area contributed by atoms with Gasteiger partial charge in [-0.15, -0.1) is 11.3 Å². The Morgan fingerprint density at radius 3 is 2.52 bits per heavy atom. The molecule has 0 amide bonds. The number of sulfone groups is 1. The van der Waals surface area contributed by atoms with Gasteiger partial charge in [-0.1, -0.05) is 37.3 Å². The molecule has 134 valence electrons. The second kappa shape index (κ2) is 6.79. The Morgan fingerprint density at radius 1 is 1.12 bits per heavy atom. The van der Waals surface area contributed by atoms with Crippen molar-refractivity contribution in [1.29, 1.82) is 0 Å². The van der Waals surface area contributed by atoms with Crippen LogP contribution >= 0.6 is 11.3 Å². The largest absolute Gasteiger partial charge is 0.297 e. The van der Waals surface area contributed by atoms with E-state index in [0.29, 0.717) is 5.75 Å². The van der Waals surface area contributed by atoms with Crippen molar-refractivity contribution in [3.63, 3.8) is 0 Å². The summed E-state index contributed by atoms with van der Waals surface area (Å²) in [4.78, 5) is 9.43. The first-order valence-corrected chi connectivity index (χ1v) is 11.4. The lowest BCUT2D eigenvalue weighted by Crippen LogP contribution is -2.58. The summed E-state index contributed by atoms with van der Waals surface area (Å²) in [7, 11) is -2.94. The summed E-state index contributed by atoms with van der Waals surface area (Å²) in [6.07, 6.45) is 0. The van der Waals surface area contributed by atoms with Crippen LogP contribution in [-0.4, -0.2) is 66.4 Å². The van der Waals surface area contributed by atoms with Crippen LogP contribution in [0.1, 0.15) is 11.9 Å². The SMILES string of the molecule is CCN1CCN(Cc2nc(-c3ccccc3)cs2)[C@H]2CS(=O)(=O)C[C@H]21. The third-order valence-electron chi connectivity index (χ3n) is 5.27. The van der Waals surface area contributed by atoms with Crippen molar-refractivity contribution < 1.29 is 8.42 Å². The number of thiazole rings is 1. The maximum absolute atomic E-state index is 12.2. The lowest BCUT2D eigenvalue weighted by molar-refractivity contribution is 0.0439. The molecule has 0 unspecified atom stereocenters. The van der Waals surface area contributed by atoms with Gasteiger partial charge in [0.15, 0.2) is 9.84 Å². The molecule has 0 aliphatic carbocycles. The number of piperazine rings is 1. The van der Waals surface area contributed by atoms with Crippen LogP contribution in [0.15, 0.2) is 35.7 Å². The first-order valence-electron chi connectivity index (χ1n) is 8.74. The van der Waals surface area contributed by atoms with Crippen LogP contribution < -0.4 is 0 Å². The van der Waals surface area contributed by atoms with E-state index in [4.69, 9.17) is 4.98 Å². The highest BCUT2D eigenvalue weighted by atomic mass is 32.2. The number of hydrogen-bond donors (Lipinski definition) is 0. The first kappa shape index (κ1) is 17.1. The van der Waals surface area contributed by atoms with E-state index in [1.807, 2.05) is 18.2 Å². The predicted molar refractivity (Wildman–Crippen MR) is 101 cm³/mol. The molecule has 4 rings (SSSR count). The van der Waals surface area contributed by atoms with Gasteiger partial charge in [-0.25, -0.2) is 13.4 Å². The Morgan fingerprint density at radius 2 is 1.80 bits per heavy atom. The molecule has 2 saturated heterocycles. The zero-order chi connectivity index (χ0) is 17.4. The van der Waals surface area contributed by atoms with Gasteiger partial charge in [-0.2, -0.15) is 0 Å². The van der Waals surface area contributed by atoms with Crippen molar-refractivity contribution in [2.45, 2.75) is 25.6 Å². The van der Waals surface area contributed by atoms with E-state index in [1.54, 1.807) is 11.3 Å². The van der Waals surface area contributed by atoms with E-state index in [9.17, 15) is 8.42 Å². The zero-order valence-electron chi connectivity index (χ0n) is 14.3. The minimum absolute atomic E-state index is 0.0998. The summed E-state index contributed by atoms with van der Waals surface area (Å²) in [5.41, 5.74) is 2.13. The Labute approximate surface area is 153 Å². The summed E-state index contributed by atoms with van der Waals surface area (Å²) >= 11 is 1.66. The molecule has 25 heavy (non-hydrogen) atoms. The molecule has 0 N–H and O–H groups in total. The van der Waals surface area contributed by atoms with Crippen LogP contribution in [0, 0.1) is 0 Å². The molecule has 7 heteroatoms. The maximum Gasteiger partial charge on any atom is 0.153 e. The van der Waals surface area contributed by atoms with Gasteiger partial charge in [0.2, 0.25) is 0 Å². The van der Waals surface area contributed by atoms with Crippen molar-refractivity contribution in [3.8, 4) is 11.3 Å². The molecule has 0 radical (unpaired) electrons. The Bertz CT molecular complexity index is 835. The van der Waals surface area contributed by atoms with Crippen LogP contribution in [-0.2, 0) is 16.4 Å². The quantitative estimate of drug-likeness (QED) is 0.817. The van der Waals surface area contributed by atoms with Crippen LogP contribution in [0.4, 0.5) is 0 Å². The van der Waals surface area contributed by atoms with E-state index >= 15 is 0 Å². The Kier molecular flexibility index (Phi) is 4.66. The fourth-order valence-corrected chi connectivity index (χ4v) is 6.85. The first-order chi connectivity index (χ1) is 12.1. The number of aromatic nitrogens is 1. The molecule has 0 saturated carbocycles. The molecule has 5 nitrogen and oxygen atoms in total. The van der Waals surface area contributed by atoms with E-state index in [2.05, 4.69) is 34.2 Å². The van der Waals surface area contributed by atoms with Crippen LogP contribution in [0.25, 0.3) is 11.3 Å². The normalized spacial score (nSPS) is 26.6. The van der Waals surface area contributed by atoms with Gasteiger partial charge >= 0.3 is 0 Å². The van der Waals surface area contributed by atoms with Gasteiger partial charge in [-0.05, 0) is 6.54 Å². The lowest BCUT2D eigenvalue weighted by atomic mass is 10.1. The minimum Gasteiger partial charge on any atom is -0.297 e. The van der Waals surface area contributed by atoms with E-state index in [1.165, 1.54) is 0 Å². The van der Waals surface area contributed by atoms with Gasteiger partial charge in [0.05, 0.1) is 23.7 Å². The van der Waals surface area contributed by atoms with Gasteiger partial charge in [0, 0.05) is 36.1 Å². The van der Waals surface area contributed by atoms with Crippen molar-refractivity contribution in [2.75, 3.05) is 31.1 Å². The topological polar surface area (TPSA) is 53.5 Å². The van der Waals surface area contributed by atoms with Gasteiger partial charge in [-0.3, -0.25) is 9.80 Å². The molecule has 2 fully saturated rings. The van der Waals surface area contributed by atoms with Crippen molar-refractivity contribution >= 4 is 21.2 Å². The van der Waals surface area contributed by atoms with E-state index in [0.717, 1.165) is 42.4 Å². The fourth-order valence-electron chi connectivity index (χ4n) is 3.98. The van der Waals surface area contributed by atoms with Gasteiger partial charge in [0.1, 0.15) is 5.01 Å². The fraction of sp³-hybridized carbons (Fsp3) is 0.500. The van der Waals surface area contributed by atoms with Crippen LogP contribution in [0.5, 0.6) is 0 Å². The third kappa shape index (κ3) is 3.51. The average Bonchev–Trinajstić information content (AvgIpc) is 3.19. The monoisotopic (exact) mass is 377 g/mol. The molecular formula is C18H23N3O2S2. The second-order valence-electron chi connectivity index (χ2n) is 6.80. The number of likely N-dealkylation sites (N-methyl/N-ethyl adjacent to an activating group) is 1. The molecule has 1 aromatic heterocycles. The van der Waals surface area contributed by atoms with Crippen molar-refractivity contribution in [2.24, 2.45) is 0 Å². The molecule has 0 bridgehead atoms. The molecule has 2 aromatic rings. The number of hydrogen-bond acceptors (Lipinski definition) is 6. The van der Waals surface area contributed by atoms with E-state index in [-0.39, 0.29) is 17.8 Å². The van der Waals surface area contributed by atoms with Gasteiger partial charge < -0.3 is 0 Å². The summed E-state index contributed by atoms with van der Waals surface area (Å²) in [6.45, 7) is 5.62. The smallest absolute Gasteiger partial charge is 0.153 e. The molecule has 3 heterocycles. The number of fused-ring (bicyclic) bond motifs is 1. The maximum atomic E-state index is 12.2. The van der Waals surface area contributed by atoms with Crippen LogP contribution in [0.2, 0.25) is 0 Å². The van der Waals surface area contributed by atoms with Gasteiger partial charge in [0.25, 0.3) is 0 Å². The van der Waals surface area contributed by atoms with Crippen molar-refractivity contribution in [3.05, 3.63) is 40.7 Å². The summed E-state index contributed by atoms with van der Waals surface area (Å²) in [5.74, 6) is 0.584. The lowest BCUT2D eigenvalue weighted by Gasteiger charge is -2.43. The molecule has 2 aliphatic rings. The number of rotatable bonds is 4. The predicted octanol–water partition coefficient (Wildman–Crippen LogP) is 2.11. The van der Waals surface area contributed by atoms with E-state index < -0.39 is 9.84 Å². The highest BCUT2D eigenvalue weighted by molar-refractivity contribution is 7.91. The Hall–Kier alpha value is -1.28. The summed E-state index contributed by atoms with van der Waals surface area (Å²) in [5, 5.41) is 3.15. The molecular weight excluding hydrogens is 354 g/mol. The molecule has 2 atom stereocenters. The summed E-state index contributed by atoms with van der Waals surface area (Å²) < 4.78 is 24.4. The molecule has 2 aliphatic heterocycles. The average molecular weight is 378 g/mol. The highest BCUT2D eigenvalue weighted by Gasteiger charge is 2.46. The second-order valence-corrected chi connectivity index (χ2v) is 9.90. The van der Waals surface area contributed by atoms with Crippen LogP contribution in [0.3, 0.4) is 0 Å². The standard InChI is InChI=1S/C18H23N3O2S2/c1-2-20-8-9-21(17-13-25(22,23)12-16(17)20)10-18-19-15(11-24-18)14-6-4-3-5-7-14/h3-7,11,16-17H,2,8-10,12-13H2,1H3/t16-,17+/m1/s1. The molecule has 0 spiro atoms. The molecule has 1 aromatic carbocycles. The zero-order valence-corrected chi connectivity index (χ0v) is 16.0. The highest BCUT2D eigenvalue weighted by Crippen LogP contribution is 2.29.